The molecule has 0 aliphatic heterocycles. The summed E-state index contributed by atoms with van der Waals surface area (Å²) in [7, 11) is 0. The Balaban J connectivity index is 4.47. The Morgan fingerprint density at radius 1 is 0.313 bits per heavy atom. The molecule has 382 valence electrons. The lowest BCUT2D eigenvalue weighted by atomic mass is 10.1. The summed E-state index contributed by atoms with van der Waals surface area (Å²) in [6.45, 7) is 6.41. The van der Waals surface area contributed by atoms with Crippen molar-refractivity contribution in [2.45, 2.75) is 258 Å². The van der Waals surface area contributed by atoms with E-state index < -0.39 is 6.10 Å². The van der Waals surface area contributed by atoms with Gasteiger partial charge in [0.1, 0.15) is 13.2 Å². The van der Waals surface area contributed by atoms with Gasteiger partial charge in [-0.05, 0) is 103 Å². The highest BCUT2D eigenvalue weighted by molar-refractivity contribution is 5.71. The molecule has 67 heavy (non-hydrogen) atoms. The molecule has 0 aliphatic carbocycles. The molecule has 0 spiro atoms. The van der Waals surface area contributed by atoms with Crippen LogP contribution in [0.2, 0.25) is 0 Å². The van der Waals surface area contributed by atoms with Gasteiger partial charge >= 0.3 is 17.9 Å². The van der Waals surface area contributed by atoms with Crippen molar-refractivity contribution in [2.24, 2.45) is 0 Å². The Bertz CT molecular complexity index is 1350. The second kappa shape index (κ2) is 54.9. The first kappa shape index (κ1) is 63.3. The number of ether oxygens (including phenoxy) is 3. The zero-order valence-corrected chi connectivity index (χ0v) is 43.6. The molecular weight excluding hydrogens is 829 g/mol. The zero-order valence-electron chi connectivity index (χ0n) is 43.6. The van der Waals surface area contributed by atoms with Gasteiger partial charge in [0.05, 0.1) is 0 Å². The summed E-state index contributed by atoms with van der Waals surface area (Å²) < 4.78 is 16.7. The summed E-state index contributed by atoms with van der Waals surface area (Å²) in [6.07, 6.45) is 72.7. The lowest BCUT2D eigenvalue weighted by Gasteiger charge is -2.18. The van der Waals surface area contributed by atoms with Crippen LogP contribution in [0, 0.1) is 0 Å². The zero-order chi connectivity index (χ0) is 48.6. The van der Waals surface area contributed by atoms with Gasteiger partial charge in [0, 0.05) is 19.3 Å². The fraction of sp³-hybridized carbons (Fsp3) is 0.689. The summed E-state index contributed by atoms with van der Waals surface area (Å²) in [5, 5.41) is 0. The molecule has 0 heterocycles. The van der Waals surface area contributed by atoms with Gasteiger partial charge < -0.3 is 14.2 Å². The molecule has 0 aromatic heterocycles. The van der Waals surface area contributed by atoms with Crippen LogP contribution in [0.4, 0.5) is 0 Å². The molecule has 0 radical (unpaired) electrons. The molecule has 0 N–H and O–H groups in total. The van der Waals surface area contributed by atoms with Crippen LogP contribution >= 0.6 is 0 Å². The maximum atomic E-state index is 12.8. The maximum absolute atomic E-state index is 12.8. The summed E-state index contributed by atoms with van der Waals surface area (Å²) in [4.78, 5) is 38.0. The van der Waals surface area contributed by atoms with E-state index >= 15 is 0 Å². The van der Waals surface area contributed by atoms with Gasteiger partial charge in [0.2, 0.25) is 0 Å². The van der Waals surface area contributed by atoms with Crippen molar-refractivity contribution < 1.29 is 28.6 Å². The van der Waals surface area contributed by atoms with E-state index in [4.69, 9.17) is 14.2 Å². The largest absolute Gasteiger partial charge is 0.462 e. The second-order valence-electron chi connectivity index (χ2n) is 18.1. The molecule has 6 nitrogen and oxygen atoms in total. The van der Waals surface area contributed by atoms with E-state index in [1.165, 1.54) is 116 Å². The van der Waals surface area contributed by atoms with Gasteiger partial charge in [0.15, 0.2) is 6.10 Å². The van der Waals surface area contributed by atoms with Crippen LogP contribution in [-0.4, -0.2) is 37.2 Å². The minimum atomic E-state index is -0.814. The lowest BCUT2D eigenvalue weighted by molar-refractivity contribution is -0.166. The first-order chi connectivity index (χ1) is 33.0. The third-order valence-electron chi connectivity index (χ3n) is 11.6. The fourth-order valence-electron chi connectivity index (χ4n) is 7.38. The summed E-state index contributed by atoms with van der Waals surface area (Å²) >= 11 is 0. The number of hydrogen-bond donors (Lipinski definition) is 0. The molecule has 6 heteroatoms. The van der Waals surface area contributed by atoms with E-state index in [0.717, 1.165) is 89.9 Å². The quantitative estimate of drug-likeness (QED) is 0.0262. The van der Waals surface area contributed by atoms with Crippen molar-refractivity contribution in [3.8, 4) is 0 Å². The minimum absolute atomic E-state index is 0.107. The van der Waals surface area contributed by atoms with Crippen molar-refractivity contribution in [2.75, 3.05) is 13.2 Å². The smallest absolute Gasteiger partial charge is 0.306 e. The van der Waals surface area contributed by atoms with E-state index in [0.29, 0.717) is 19.3 Å². The summed E-state index contributed by atoms with van der Waals surface area (Å²) in [6, 6.07) is 0. The van der Waals surface area contributed by atoms with Gasteiger partial charge in [-0.25, -0.2) is 0 Å². The maximum Gasteiger partial charge on any atom is 0.306 e. The average Bonchev–Trinajstić information content (AvgIpc) is 3.33. The number of carbonyl (C=O) groups excluding carboxylic acids is 3. The number of esters is 3. The third-order valence-corrected chi connectivity index (χ3v) is 11.6. The van der Waals surface area contributed by atoms with Crippen LogP contribution in [0.25, 0.3) is 0 Å². The minimum Gasteiger partial charge on any atom is -0.462 e. The molecule has 1 atom stereocenters. The second-order valence-corrected chi connectivity index (χ2v) is 18.1. The molecule has 0 amide bonds. The number of unbranched alkanes of at least 4 members (excludes halogenated alkanes) is 22. The van der Waals surface area contributed by atoms with E-state index in [1.807, 2.05) is 6.08 Å². The molecule has 0 rings (SSSR count). The van der Waals surface area contributed by atoms with E-state index in [9.17, 15) is 14.4 Å². The molecule has 0 aliphatic rings. The van der Waals surface area contributed by atoms with E-state index in [1.54, 1.807) is 0 Å². The summed E-state index contributed by atoms with van der Waals surface area (Å²) in [5.41, 5.74) is 0. The van der Waals surface area contributed by atoms with Crippen molar-refractivity contribution in [1.29, 1.82) is 0 Å². The predicted molar refractivity (Wildman–Crippen MR) is 288 cm³/mol. The molecule has 0 fully saturated rings. The van der Waals surface area contributed by atoms with Crippen LogP contribution in [0.3, 0.4) is 0 Å². The van der Waals surface area contributed by atoms with Gasteiger partial charge in [-0.15, -0.1) is 0 Å². The van der Waals surface area contributed by atoms with Gasteiger partial charge in [-0.1, -0.05) is 227 Å². The van der Waals surface area contributed by atoms with Crippen LogP contribution in [-0.2, 0) is 28.6 Å². The Hall–Kier alpha value is -3.67. The predicted octanol–water partition coefficient (Wildman–Crippen LogP) is 18.5. The molecule has 0 unspecified atom stereocenters. The van der Waals surface area contributed by atoms with Crippen molar-refractivity contribution >= 4 is 17.9 Å². The molecule has 0 bridgehead atoms. The van der Waals surface area contributed by atoms with Crippen molar-refractivity contribution in [3.05, 3.63) is 97.2 Å². The van der Waals surface area contributed by atoms with Gasteiger partial charge in [0.25, 0.3) is 0 Å². The highest BCUT2D eigenvalue weighted by Gasteiger charge is 2.19. The average molecular weight is 931 g/mol. The highest BCUT2D eigenvalue weighted by atomic mass is 16.6. The van der Waals surface area contributed by atoms with Crippen LogP contribution in [0.5, 0.6) is 0 Å². The van der Waals surface area contributed by atoms with Crippen molar-refractivity contribution in [3.63, 3.8) is 0 Å². The topological polar surface area (TPSA) is 78.9 Å². The Labute approximate surface area is 413 Å². The monoisotopic (exact) mass is 931 g/mol. The SMILES string of the molecule is CC/C=C\C/C=C\C/C=C\C/C=C\C/C=C\C/C=C\CCC(=O)OC[C@@H](COC(=O)CCCCCCC/C=C\CCCC)OC(=O)CCCCCCCCC/C=C\CCCCCCCCCC. The molecule has 0 saturated carbocycles. The number of carbonyl (C=O) groups is 3. The molecular formula is C61H102O6. The van der Waals surface area contributed by atoms with Crippen molar-refractivity contribution in [1.82, 2.24) is 0 Å². The number of allylic oxidation sites excluding steroid dienone is 16. The Morgan fingerprint density at radius 2 is 0.627 bits per heavy atom. The normalized spacial score (nSPS) is 12.8. The third kappa shape index (κ3) is 53.2. The van der Waals surface area contributed by atoms with Gasteiger partial charge in [-0.3, -0.25) is 14.4 Å². The first-order valence-corrected chi connectivity index (χ1v) is 27.7. The standard InChI is InChI=1S/C61H102O6/c1-4-7-10-13-16-19-22-24-26-28-30-32-34-36-39-42-45-48-51-54-60(63)66-57-58(56-65-59(62)53-50-47-44-41-38-21-18-15-12-9-6-3)67-61(64)55-52-49-46-43-40-37-35-33-31-29-27-25-23-20-17-14-11-8-5-2/h7,10,15-16,18-19,24,26,29-32,36,39,45,48,58H,4-6,8-9,11-14,17,20-23,25,27-28,33-35,37-38,40-44,46-47,49-57H2,1-3H3/b10-7-,18-15-,19-16-,26-24-,31-29-,32-30-,39-36-,48-45-/t58-/m1/s1. The van der Waals surface area contributed by atoms with E-state index in [-0.39, 0.29) is 37.5 Å². The Kier molecular flexibility index (Phi) is 51.9. The first-order valence-electron chi connectivity index (χ1n) is 27.7. The molecule has 0 aromatic carbocycles. The molecule has 0 aromatic rings. The van der Waals surface area contributed by atoms with Crippen LogP contribution < -0.4 is 0 Å². The van der Waals surface area contributed by atoms with Gasteiger partial charge in [-0.2, -0.15) is 0 Å². The highest BCUT2D eigenvalue weighted by Crippen LogP contribution is 2.14. The Morgan fingerprint density at radius 3 is 1.04 bits per heavy atom. The lowest BCUT2D eigenvalue weighted by Crippen LogP contribution is -2.30. The summed E-state index contributed by atoms with van der Waals surface area (Å²) in [5.74, 6) is -1.01. The van der Waals surface area contributed by atoms with Crippen LogP contribution in [0.15, 0.2) is 97.2 Å². The molecule has 0 saturated heterocycles. The number of rotatable bonds is 49. The fourth-order valence-corrected chi connectivity index (χ4v) is 7.38. The number of hydrogen-bond acceptors (Lipinski definition) is 6. The van der Waals surface area contributed by atoms with Crippen LogP contribution in [0.1, 0.15) is 252 Å². The van der Waals surface area contributed by atoms with E-state index in [2.05, 4.69) is 112 Å².